The molecule has 0 fully saturated rings. The van der Waals surface area contributed by atoms with E-state index >= 15 is 0 Å². The Kier molecular flexibility index (Phi) is 14.3. The van der Waals surface area contributed by atoms with Gasteiger partial charge in [-0.15, -0.1) is 0 Å². The van der Waals surface area contributed by atoms with Gasteiger partial charge in [-0.1, -0.05) is 74.3 Å². The summed E-state index contributed by atoms with van der Waals surface area (Å²) in [5.41, 5.74) is 5.98. The summed E-state index contributed by atoms with van der Waals surface area (Å²) in [5.74, 6) is 1.40. The zero-order valence-corrected chi connectivity index (χ0v) is 28.1. The van der Waals surface area contributed by atoms with Gasteiger partial charge in [0.15, 0.2) is 0 Å². The Balaban J connectivity index is 0.000000299. The number of rotatable bonds is 10. The van der Waals surface area contributed by atoms with Crippen molar-refractivity contribution in [3.8, 4) is 5.75 Å². The highest BCUT2D eigenvalue weighted by Crippen LogP contribution is 2.26. The minimum Gasteiger partial charge on any atom is -0.491 e. The van der Waals surface area contributed by atoms with Gasteiger partial charge in [-0.3, -0.25) is 9.79 Å². The summed E-state index contributed by atoms with van der Waals surface area (Å²) < 4.78 is 5.60. The number of aliphatic hydroxyl groups excluding tert-OH is 1. The van der Waals surface area contributed by atoms with Gasteiger partial charge < -0.3 is 19.7 Å². The summed E-state index contributed by atoms with van der Waals surface area (Å²) in [6.07, 6.45) is 6.24. The van der Waals surface area contributed by atoms with Gasteiger partial charge in [-0.2, -0.15) is 0 Å². The lowest BCUT2D eigenvalue weighted by molar-refractivity contribution is -0.130. The van der Waals surface area contributed by atoms with Crippen molar-refractivity contribution in [1.29, 1.82) is 0 Å². The Morgan fingerprint density at radius 2 is 1.73 bits per heavy atom. The summed E-state index contributed by atoms with van der Waals surface area (Å²) in [6.45, 7) is 13.8. The van der Waals surface area contributed by atoms with Crippen LogP contribution in [0.1, 0.15) is 75.3 Å². The number of benzene rings is 3. The van der Waals surface area contributed by atoms with E-state index in [-0.39, 0.29) is 18.6 Å². The molecule has 2 N–H and O–H groups in total. The third kappa shape index (κ3) is 11.5. The number of aliphatic imine (C=N–C) groups is 2. The molecule has 5 rings (SSSR count). The van der Waals surface area contributed by atoms with E-state index in [1.54, 1.807) is 19.5 Å². The second-order valence-electron chi connectivity index (χ2n) is 11.5. The van der Waals surface area contributed by atoms with Gasteiger partial charge in [0.05, 0.1) is 18.7 Å². The third-order valence-electron chi connectivity index (χ3n) is 7.68. The van der Waals surface area contributed by atoms with Crippen LogP contribution in [0.15, 0.2) is 82.9 Å². The molecule has 0 bridgehead atoms. The Hall–Kier alpha value is -3.94. The van der Waals surface area contributed by atoms with Gasteiger partial charge in [-0.05, 0) is 79.6 Å². The number of halogens is 1. The Morgan fingerprint density at radius 1 is 1.04 bits per heavy atom. The summed E-state index contributed by atoms with van der Waals surface area (Å²) >= 11 is 6.15. The standard InChI is InChI=1S/C24H29ClN2O3.C10H14.C3H4N2/c1-4-21(29)15-30-22-8-5-18(6-9-22)16(2)27(17(3)28)12-11-19-14-26-24-10-7-20(25)13-23(19)24;1-8(2)10-6-4-9(3)5-7-10;1-2-5-3-4-1/h5-10,13-14,16,21,26,29H,4,11-12,15H2,1-3H3;4-8H,1-3H3;1,3H,2H2. The first-order valence-electron chi connectivity index (χ1n) is 15.6. The fourth-order valence-corrected chi connectivity index (χ4v) is 4.91. The van der Waals surface area contributed by atoms with Gasteiger partial charge in [0.1, 0.15) is 18.7 Å². The van der Waals surface area contributed by atoms with E-state index in [0.29, 0.717) is 29.7 Å². The highest BCUT2D eigenvalue weighted by molar-refractivity contribution is 6.31. The minimum absolute atomic E-state index is 0.0340. The SMILES string of the molecule is C1=NC=NC1.CCC(O)COc1ccc(C(C)N(CCc2c[nH]c3ccc(Cl)cc23)C(C)=O)cc1.Cc1ccc(C(C)C)cc1. The van der Waals surface area contributed by atoms with Crippen LogP contribution in [0.2, 0.25) is 5.02 Å². The van der Waals surface area contributed by atoms with E-state index in [4.69, 9.17) is 16.3 Å². The van der Waals surface area contributed by atoms with Crippen LogP contribution in [0, 0.1) is 6.92 Å². The van der Waals surface area contributed by atoms with E-state index < -0.39 is 6.10 Å². The first-order chi connectivity index (χ1) is 21.6. The molecule has 0 radical (unpaired) electrons. The number of aryl methyl sites for hydroxylation is 1. The topological polar surface area (TPSA) is 90.3 Å². The normalized spacial score (nSPS) is 13.1. The number of amides is 1. The summed E-state index contributed by atoms with van der Waals surface area (Å²) in [4.78, 5) is 24.9. The van der Waals surface area contributed by atoms with Crippen LogP contribution in [0.3, 0.4) is 0 Å². The Labute approximate surface area is 273 Å². The van der Waals surface area contributed by atoms with Crippen LogP contribution >= 0.6 is 11.6 Å². The second-order valence-corrected chi connectivity index (χ2v) is 11.9. The number of H-pyrrole nitrogens is 1. The molecule has 2 atom stereocenters. The zero-order chi connectivity index (χ0) is 32.8. The number of nitrogens with zero attached hydrogens (tertiary/aromatic N) is 3. The number of carbonyl (C=O) groups excluding carboxylic acids is 1. The molecule has 1 amide bonds. The summed E-state index contributed by atoms with van der Waals surface area (Å²) in [5, 5.41) is 11.4. The average molecular weight is 631 g/mol. The van der Waals surface area contributed by atoms with Gasteiger partial charge >= 0.3 is 0 Å². The molecule has 3 aromatic carbocycles. The number of aliphatic hydroxyl groups is 1. The maximum Gasteiger partial charge on any atom is 0.219 e. The van der Waals surface area contributed by atoms with E-state index in [1.807, 2.05) is 67.4 Å². The third-order valence-corrected chi connectivity index (χ3v) is 7.92. The molecule has 2 unspecified atom stereocenters. The molecule has 0 aliphatic carbocycles. The monoisotopic (exact) mass is 630 g/mol. The number of hydrogen-bond acceptors (Lipinski definition) is 5. The molecule has 8 heteroatoms. The van der Waals surface area contributed by atoms with Crippen molar-refractivity contribution in [2.45, 2.75) is 72.4 Å². The average Bonchev–Trinajstić information content (AvgIpc) is 3.75. The van der Waals surface area contributed by atoms with Crippen LogP contribution < -0.4 is 4.74 Å². The fourth-order valence-electron chi connectivity index (χ4n) is 4.74. The number of fused-ring (bicyclic) bond motifs is 1. The second kappa shape index (κ2) is 18.1. The maximum absolute atomic E-state index is 12.4. The van der Waals surface area contributed by atoms with Gasteiger partial charge in [0.2, 0.25) is 5.91 Å². The van der Waals surface area contributed by atoms with Crippen molar-refractivity contribution in [3.05, 3.63) is 100 Å². The van der Waals surface area contributed by atoms with Gasteiger partial charge in [-0.25, -0.2) is 4.99 Å². The molecule has 1 aromatic heterocycles. The quantitative estimate of drug-likeness (QED) is 0.184. The zero-order valence-electron chi connectivity index (χ0n) is 27.3. The molecule has 4 aromatic rings. The number of hydrogen-bond donors (Lipinski definition) is 2. The van der Waals surface area contributed by atoms with Crippen LogP contribution in [-0.4, -0.2) is 59.3 Å². The lowest BCUT2D eigenvalue weighted by Crippen LogP contribution is -2.33. The highest BCUT2D eigenvalue weighted by atomic mass is 35.5. The van der Waals surface area contributed by atoms with Crippen molar-refractivity contribution in [2.75, 3.05) is 19.7 Å². The van der Waals surface area contributed by atoms with Crippen LogP contribution in [0.4, 0.5) is 0 Å². The molecule has 0 saturated carbocycles. The molecule has 0 saturated heterocycles. The molecule has 1 aliphatic rings. The predicted molar refractivity (Wildman–Crippen MR) is 188 cm³/mol. The van der Waals surface area contributed by atoms with E-state index in [1.165, 1.54) is 11.1 Å². The van der Waals surface area contributed by atoms with Crippen LogP contribution in [0.5, 0.6) is 5.75 Å². The fraction of sp³-hybridized carbons (Fsp3) is 0.378. The summed E-state index contributed by atoms with van der Waals surface area (Å²) in [7, 11) is 0. The van der Waals surface area contributed by atoms with Crippen LogP contribution in [-0.2, 0) is 11.2 Å². The maximum atomic E-state index is 12.4. The molecular formula is C37H47ClN4O3. The molecule has 0 spiro atoms. The van der Waals surface area contributed by atoms with Gasteiger partial charge in [0.25, 0.3) is 0 Å². The predicted octanol–water partition coefficient (Wildman–Crippen LogP) is 8.34. The number of aromatic nitrogens is 1. The first kappa shape index (κ1) is 35.5. The highest BCUT2D eigenvalue weighted by Gasteiger charge is 2.19. The molecule has 240 valence electrons. The smallest absolute Gasteiger partial charge is 0.219 e. The number of aromatic amines is 1. The van der Waals surface area contributed by atoms with Crippen molar-refractivity contribution in [2.24, 2.45) is 9.98 Å². The number of ether oxygens (including phenoxy) is 1. The van der Waals surface area contributed by atoms with Crippen molar-refractivity contribution in [1.82, 2.24) is 9.88 Å². The van der Waals surface area contributed by atoms with E-state index in [2.05, 4.69) is 60.0 Å². The van der Waals surface area contributed by atoms with E-state index in [9.17, 15) is 9.90 Å². The van der Waals surface area contributed by atoms with E-state index in [0.717, 1.165) is 35.0 Å². The van der Waals surface area contributed by atoms with Gasteiger partial charge in [0, 0.05) is 41.8 Å². The van der Waals surface area contributed by atoms with Crippen molar-refractivity contribution >= 4 is 41.0 Å². The molecular weight excluding hydrogens is 584 g/mol. The Bertz CT molecular complexity index is 1520. The summed E-state index contributed by atoms with van der Waals surface area (Å²) in [6, 6.07) is 22.2. The largest absolute Gasteiger partial charge is 0.491 e. The van der Waals surface area contributed by atoms with Crippen molar-refractivity contribution < 1.29 is 14.6 Å². The number of carbonyl (C=O) groups is 1. The molecule has 2 heterocycles. The molecule has 7 nitrogen and oxygen atoms in total. The lowest BCUT2D eigenvalue weighted by Gasteiger charge is -2.29. The Morgan fingerprint density at radius 3 is 2.29 bits per heavy atom. The molecule has 45 heavy (non-hydrogen) atoms. The lowest BCUT2D eigenvalue weighted by atomic mass is 10.0. The minimum atomic E-state index is -0.462. The molecule has 1 aliphatic heterocycles. The van der Waals surface area contributed by atoms with Crippen LogP contribution in [0.25, 0.3) is 10.9 Å². The number of nitrogens with one attached hydrogen (secondary N) is 1. The van der Waals surface area contributed by atoms with Crippen molar-refractivity contribution in [3.63, 3.8) is 0 Å². The first-order valence-corrected chi connectivity index (χ1v) is 16.0.